The molecule has 1 amide bonds. The molecule has 1 saturated heterocycles. The fourth-order valence-electron chi connectivity index (χ4n) is 3.51. The molecule has 1 aliphatic rings. The van der Waals surface area contributed by atoms with Gasteiger partial charge in [-0.2, -0.15) is 4.31 Å². The third-order valence-corrected chi connectivity index (χ3v) is 7.04. The lowest BCUT2D eigenvalue weighted by atomic mass is 9.82. The molecule has 3 rings (SSSR count). The van der Waals surface area contributed by atoms with Gasteiger partial charge in [0.25, 0.3) is 0 Å². The molecule has 1 atom stereocenters. The van der Waals surface area contributed by atoms with Gasteiger partial charge in [-0.3, -0.25) is 4.79 Å². The lowest BCUT2D eigenvalue weighted by molar-refractivity contribution is -0.132. The number of hydrogen-bond donors (Lipinski definition) is 1. The number of aryl methyl sites for hydroxylation is 1. The maximum Gasteiger partial charge on any atom is 0.243 e. The summed E-state index contributed by atoms with van der Waals surface area (Å²) in [6, 6.07) is 12.7. The predicted octanol–water partition coefficient (Wildman–Crippen LogP) is 3.24. The zero-order chi connectivity index (χ0) is 20.4. The van der Waals surface area contributed by atoms with E-state index in [9.17, 15) is 17.6 Å². The third-order valence-electron chi connectivity index (χ3n) is 5.20. The van der Waals surface area contributed by atoms with Crippen molar-refractivity contribution < 1.29 is 17.6 Å². The second-order valence-electron chi connectivity index (χ2n) is 7.63. The van der Waals surface area contributed by atoms with Crippen LogP contribution in [0.3, 0.4) is 0 Å². The second kappa shape index (κ2) is 8.01. The lowest BCUT2D eigenvalue weighted by Gasteiger charge is -2.38. The number of halogens is 1. The van der Waals surface area contributed by atoms with Crippen LogP contribution in [0, 0.1) is 18.2 Å². The summed E-state index contributed by atoms with van der Waals surface area (Å²) in [5.74, 6) is -0.521. The monoisotopic (exact) mass is 404 g/mol. The normalized spacial score (nSPS) is 20.7. The number of carbonyl (C=O) groups is 1. The van der Waals surface area contributed by atoms with Gasteiger partial charge in [0, 0.05) is 19.6 Å². The molecule has 0 aromatic heterocycles. The van der Waals surface area contributed by atoms with E-state index >= 15 is 0 Å². The van der Waals surface area contributed by atoms with Gasteiger partial charge >= 0.3 is 0 Å². The van der Waals surface area contributed by atoms with Gasteiger partial charge in [0.2, 0.25) is 15.9 Å². The Bertz CT molecular complexity index is 960. The van der Waals surface area contributed by atoms with Crippen LogP contribution in [0.1, 0.15) is 30.9 Å². The summed E-state index contributed by atoms with van der Waals surface area (Å²) in [5.41, 5.74) is 0.853. The van der Waals surface area contributed by atoms with E-state index in [0.717, 1.165) is 11.1 Å². The summed E-state index contributed by atoms with van der Waals surface area (Å²) in [4.78, 5) is 13.1. The summed E-state index contributed by atoms with van der Waals surface area (Å²) in [6.07, 6.45) is 1.23. The fraction of sp³-hybridized carbons (Fsp3) is 0.381. The Morgan fingerprint density at radius 2 is 1.93 bits per heavy atom. The number of carbonyl (C=O) groups excluding carboxylic acids is 1. The van der Waals surface area contributed by atoms with Gasteiger partial charge < -0.3 is 5.32 Å². The highest BCUT2D eigenvalue weighted by atomic mass is 32.2. The minimum absolute atomic E-state index is 0.137. The van der Waals surface area contributed by atoms with Crippen molar-refractivity contribution in [2.75, 3.05) is 13.1 Å². The Balaban J connectivity index is 1.71. The molecule has 0 aliphatic carbocycles. The average Bonchev–Trinajstić information content (AvgIpc) is 2.67. The number of nitrogens with zero attached hydrogens (tertiary/aromatic N) is 1. The van der Waals surface area contributed by atoms with E-state index in [1.807, 2.05) is 13.0 Å². The van der Waals surface area contributed by atoms with E-state index in [4.69, 9.17) is 0 Å². The number of piperidine rings is 1. The van der Waals surface area contributed by atoms with Crippen molar-refractivity contribution in [2.24, 2.45) is 5.41 Å². The van der Waals surface area contributed by atoms with Gasteiger partial charge in [-0.1, -0.05) is 24.3 Å². The summed E-state index contributed by atoms with van der Waals surface area (Å²) in [6.45, 7) is 4.46. The molecule has 0 bridgehead atoms. The van der Waals surface area contributed by atoms with Gasteiger partial charge in [-0.25, -0.2) is 12.8 Å². The molecule has 0 spiro atoms. The molecule has 7 heteroatoms. The number of sulfonamides is 1. The van der Waals surface area contributed by atoms with Crippen molar-refractivity contribution in [1.29, 1.82) is 0 Å². The molecule has 1 unspecified atom stereocenters. The molecule has 1 N–H and O–H groups in total. The zero-order valence-electron chi connectivity index (χ0n) is 16.1. The molecule has 5 nitrogen and oxygen atoms in total. The van der Waals surface area contributed by atoms with Crippen molar-refractivity contribution in [2.45, 2.75) is 38.1 Å². The standard InChI is InChI=1S/C21H25FN2O3S/c1-16-5-3-6-19(13-16)28(26,27)24-12-4-11-21(2,15-24)20(25)23-14-17-7-9-18(22)10-8-17/h3,5-10,13H,4,11-12,14-15H2,1-2H3,(H,23,25). The third kappa shape index (κ3) is 4.42. The first-order chi connectivity index (χ1) is 13.2. The van der Waals surface area contributed by atoms with Crippen molar-refractivity contribution in [3.8, 4) is 0 Å². The topological polar surface area (TPSA) is 66.5 Å². The number of hydrogen-bond acceptors (Lipinski definition) is 3. The summed E-state index contributed by atoms with van der Waals surface area (Å²) in [7, 11) is -3.65. The first kappa shape index (κ1) is 20.5. The van der Waals surface area contributed by atoms with Gasteiger partial charge in [-0.15, -0.1) is 0 Å². The molecule has 2 aromatic rings. The minimum atomic E-state index is -3.65. The molecule has 1 fully saturated rings. The lowest BCUT2D eigenvalue weighted by Crippen LogP contribution is -2.51. The van der Waals surface area contributed by atoms with E-state index in [-0.39, 0.29) is 29.7 Å². The van der Waals surface area contributed by atoms with Crippen LogP contribution in [0.2, 0.25) is 0 Å². The highest BCUT2D eigenvalue weighted by Gasteiger charge is 2.41. The van der Waals surface area contributed by atoms with E-state index < -0.39 is 15.4 Å². The van der Waals surface area contributed by atoms with E-state index in [1.165, 1.54) is 16.4 Å². The van der Waals surface area contributed by atoms with Crippen molar-refractivity contribution in [1.82, 2.24) is 9.62 Å². The van der Waals surface area contributed by atoms with Crippen LogP contribution in [-0.4, -0.2) is 31.7 Å². The molecule has 28 heavy (non-hydrogen) atoms. The first-order valence-corrected chi connectivity index (χ1v) is 10.7. The predicted molar refractivity (Wildman–Crippen MR) is 106 cm³/mol. The Morgan fingerprint density at radius 1 is 1.21 bits per heavy atom. The molecule has 150 valence electrons. The van der Waals surface area contributed by atoms with Crippen LogP contribution < -0.4 is 5.32 Å². The number of amides is 1. The van der Waals surface area contributed by atoms with Crippen LogP contribution in [0.4, 0.5) is 4.39 Å². The molecule has 1 aliphatic heterocycles. The fourth-order valence-corrected chi connectivity index (χ4v) is 5.21. The first-order valence-electron chi connectivity index (χ1n) is 9.30. The van der Waals surface area contributed by atoms with Crippen LogP contribution >= 0.6 is 0 Å². The zero-order valence-corrected chi connectivity index (χ0v) is 16.9. The number of nitrogens with one attached hydrogen (secondary N) is 1. The van der Waals surface area contributed by atoms with Gasteiger partial charge in [0.15, 0.2) is 0 Å². The van der Waals surface area contributed by atoms with Gasteiger partial charge in [0.1, 0.15) is 5.82 Å². The smallest absolute Gasteiger partial charge is 0.243 e. The average molecular weight is 405 g/mol. The molecular weight excluding hydrogens is 379 g/mol. The van der Waals surface area contributed by atoms with E-state index in [2.05, 4.69) is 5.32 Å². The minimum Gasteiger partial charge on any atom is -0.352 e. The van der Waals surface area contributed by atoms with Crippen LogP contribution in [0.15, 0.2) is 53.4 Å². The summed E-state index contributed by atoms with van der Waals surface area (Å²) in [5, 5.41) is 2.87. The van der Waals surface area contributed by atoms with E-state index in [0.29, 0.717) is 19.4 Å². The second-order valence-corrected chi connectivity index (χ2v) is 9.57. The maximum absolute atomic E-state index is 13.0. The molecule has 2 aromatic carbocycles. The summed E-state index contributed by atoms with van der Waals surface area (Å²) < 4.78 is 40.5. The molecule has 1 heterocycles. The Morgan fingerprint density at radius 3 is 2.61 bits per heavy atom. The molecule has 0 saturated carbocycles. The Labute approximate surface area is 165 Å². The highest BCUT2D eigenvalue weighted by molar-refractivity contribution is 7.89. The maximum atomic E-state index is 13.0. The van der Waals surface area contributed by atoms with Gasteiger partial charge in [0.05, 0.1) is 10.3 Å². The van der Waals surface area contributed by atoms with Crippen molar-refractivity contribution in [3.63, 3.8) is 0 Å². The van der Waals surface area contributed by atoms with Crippen molar-refractivity contribution in [3.05, 3.63) is 65.5 Å². The Hall–Kier alpha value is -2.25. The quantitative estimate of drug-likeness (QED) is 0.832. The largest absolute Gasteiger partial charge is 0.352 e. The summed E-state index contributed by atoms with van der Waals surface area (Å²) >= 11 is 0. The van der Waals surface area contributed by atoms with Crippen LogP contribution in [0.25, 0.3) is 0 Å². The number of benzene rings is 2. The highest BCUT2D eigenvalue weighted by Crippen LogP contribution is 2.33. The van der Waals surface area contributed by atoms with Crippen molar-refractivity contribution >= 4 is 15.9 Å². The van der Waals surface area contributed by atoms with Gasteiger partial charge in [-0.05, 0) is 62.1 Å². The molecular formula is C21H25FN2O3S. The van der Waals surface area contributed by atoms with Crippen LogP contribution in [0.5, 0.6) is 0 Å². The Kier molecular flexibility index (Phi) is 5.86. The van der Waals surface area contributed by atoms with Crippen LogP contribution in [-0.2, 0) is 21.4 Å². The number of rotatable bonds is 5. The molecule has 0 radical (unpaired) electrons. The SMILES string of the molecule is Cc1cccc(S(=O)(=O)N2CCCC(C)(C(=O)NCc3ccc(F)cc3)C2)c1. The van der Waals surface area contributed by atoms with E-state index in [1.54, 1.807) is 37.3 Å².